The predicted octanol–water partition coefficient (Wildman–Crippen LogP) is 4.77. The minimum absolute atomic E-state index is 0.632. The Morgan fingerprint density at radius 2 is 2.00 bits per heavy atom. The first-order valence-electron chi connectivity index (χ1n) is 7.18. The van der Waals surface area contributed by atoms with Gasteiger partial charge >= 0.3 is 0 Å². The quantitative estimate of drug-likeness (QED) is 0.878. The molecular formula is C17H20N2S. The second kappa shape index (κ2) is 5.88. The monoisotopic (exact) mass is 284 g/mol. The summed E-state index contributed by atoms with van der Waals surface area (Å²) in [5.41, 5.74) is 1.15. The number of benzene rings is 2. The number of anilines is 1. The van der Waals surface area contributed by atoms with E-state index < -0.39 is 0 Å². The number of hydrogen-bond acceptors (Lipinski definition) is 3. The number of aliphatic imine (C=N–C) groups is 1. The summed E-state index contributed by atoms with van der Waals surface area (Å²) in [6.07, 6.45) is 1.23. The fourth-order valence-corrected chi connectivity index (χ4v) is 3.85. The van der Waals surface area contributed by atoms with Crippen LogP contribution in [0.5, 0.6) is 0 Å². The van der Waals surface area contributed by atoms with Crippen LogP contribution in [0.3, 0.4) is 0 Å². The molecule has 0 bridgehead atoms. The number of thioether (sulfide) groups is 1. The molecule has 1 aliphatic rings. The summed E-state index contributed by atoms with van der Waals surface area (Å²) in [6, 6.07) is 14.8. The lowest BCUT2D eigenvalue weighted by atomic mass is 10.1. The van der Waals surface area contributed by atoms with Crippen molar-refractivity contribution in [2.45, 2.75) is 25.5 Å². The van der Waals surface area contributed by atoms with E-state index in [1.807, 2.05) is 11.8 Å². The van der Waals surface area contributed by atoms with Crippen LogP contribution in [-0.4, -0.2) is 17.0 Å². The Hall–Kier alpha value is -1.48. The molecular weight excluding hydrogens is 264 g/mol. The van der Waals surface area contributed by atoms with E-state index in [-0.39, 0.29) is 0 Å². The van der Waals surface area contributed by atoms with Gasteiger partial charge in [-0.2, -0.15) is 0 Å². The Balaban J connectivity index is 1.75. The fraction of sp³-hybridized carbons (Fsp3) is 0.353. The smallest absolute Gasteiger partial charge is 0.161 e. The summed E-state index contributed by atoms with van der Waals surface area (Å²) in [6.45, 7) is 5.49. The number of hydrogen-bond donors (Lipinski definition) is 1. The van der Waals surface area contributed by atoms with E-state index in [4.69, 9.17) is 0 Å². The van der Waals surface area contributed by atoms with E-state index in [2.05, 4.69) is 66.6 Å². The van der Waals surface area contributed by atoms with E-state index in [9.17, 15) is 0 Å². The average Bonchev–Trinajstić information content (AvgIpc) is 2.86. The molecule has 0 aliphatic carbocycles. The van der Waals surface area contributed by atoms with E-state index in [0.29, 0.717) is 5.25 Å². The standard InChI is InChI=1S/C17H20N2S/c1-12(2)10-14-11-18-17(20-14)19-16-9-5-7-13-6-3-4-8-15(13)16/h3-9,12,14H,10-11H2,1-2H3,(H,18,19). The minimum atomic E-state index is 0.632. The van der Waals surface area contributed by atoms with Gasteiger partial charge in [0.15, 0.2) is 5.17 Å². The highest BCUT2D eigenvalue weighted by Gasteiger charge is 2.20. The van der Waals surface area contributed by atoms with Crippen molar-refractivity contribution in [2.24, 2.45) is 10.9 Å². The second-order valence-corrected chi connectivity index (χ2v) is 6.96. The van der Waals surface area contributed by atoms with Crippen LogP contribution in [0.25, 0.3) is 10.8 Å². The maximum absolute atomic E-state index is 4.64. The summed E-state index contributed by atoms with van der Waals surface area (Å²) in [5.74, 6) is 0.736. The van der Waals surface area contributed by atoms with Crippen molar-refractivity contribution in [3.05, 3.63) is 42.5 Å². The first-order valence-corrected chi connectivity index (χ1v) is 8.06. The average molecular weight is 284 g/mol. The van der Waals surface area contributed by atoms with Crippen LogP contribution in [0.1, 0.15) is 20.3 Å². The van der Waals surface area contributed by atoms with Gasteiger partial charge in [-0.05, 0) is 23.8 Å². The summed E-state index contributed by atoms with van der Waals surface area (Å²) in [4.78, 5) is 4.64. The molecule has 1 unspecified atom stereocenters. The topological polar surface area (TPSA) is 24.4 Å². The van der Waals surface area contributed by atoms with Crippen LogP contribution in [0.4, 0.5) is 5.69 Å². The molecule has 104 valence electrons. The van der Waals surface area contributed by atoms with Crippen LogP contribution in [-0.2, 0) is 0 Å². The van der Waals surface area contributed by atoms with Crippen LogP contribution in [0.15, 0.2) is 47.5 Å². The molecule has 0 spiro atoms. The summed E-state index contributed by atoms with van der Waals surface area (Å²) in [5, 5.41) is 7.71. The highest BCUT2D eigenvalue weighted by Crippen LogP contribution is 2.29. The van der Waals surface area contributed by atoms with Gasteiger partial charge in [-0.15, -0.1) is 0 Å². The van der Waals surface area contributed by atoms with Crippen molar-refractivity contribution in [3.63, 3.8) is 0 Å². The van der Waals surface area contributed by atoms with Gasteiger partial charge in [0.05, 0.1) is 6.54 Å². The molecule has 0 saturated carbocycles. The molecule has 1 atom stereocenters. The molecule has 0 amide bonds. The zero-order chi connectivity index (χ0) is 13.9. The van der Waals surface area contributed by atoms with Gasteiger partial charge in [-0.3, -0.25) is 4.99 Å². The van der Waals surface area contributed by atoms with Crippen molar-refractivity contribution >= 4 is 33.4 Å². The minimum Gasteiger partial charge on any atom is -0.334 e. The van der Waals surface area contributed by atoms with Crippen molar-refractivity contribution in [1.82, 2.24) is 0 Å². The summed E-state index contributed by atoms with van der Waals surface area (Å²) < 4.78 is 0. The molecule has 1 heterocycles. The maximum atomic E-state index is 4.64. The van der Waals surface area contributed by atoms with Gasteiger partial charge in [0, 0.05) is 16.3 Å². The third-order valence-corrected chi connectivity index (χ3v) is 4.61. The molecule has 0 radical (unpaired) electrons. The molecule has 2 aromatic rings. The third-order valence-electron chi connectivity index (χ3n) is 3.48. The number of amidine groups is 1. The molecule has 1 aliphatic heterocycles. The molecule has 0 fully saturated rings. The largest absolute Gasteiger partial charge is 0.334 e. The Bertz CT molecular complexity index is 628. The van der Waals surface area contributed by atoms with Gasteiger partial charge < -0.3 is 5.32 Å². The Labute approximate surface area is 124 Å². The lowest BCUT2D eigenvalue weighted by Gasteiger charge is -2.12. The van der Waals surface area contributed by atoms with Gasteiger partial charge in [0.1, 0.15) is 0 Å². The van der Waals surface area contributed by atoms with Crippen LogP contribution >= 0.6 is 11.8 Å². The first-order chi connectivity index (χ1) is 9.72. The first kappa shape index (κ1) is 13.5. The lowest BCUT2D eigenvalue weighted by molar-refractivity contribution is 0.575. The van der Waals surface area contributed by atoms with Crippen molar-refractivity contribution in [3.8, 4) is 0 Å². The molecule has 0 saturated heterocycles. The normalized spacial score (nSPS) is 18.6. The van der Waals surface area contributed by atoms with Crippen molar-refractivity contribution in [1.29, 1.82) is 0 Å². The Morgan fingerprint density at radius 1 is 1.20 bits per heavy atom. The van der Waals surface area contributed by atoms with E-state index in [1.165, 1.54) is 17.2 Å². The van der Waals surface area contributed by atoms with Crippen LogP contribution in [0.2, 0.25) is 0 Å². The van der Waals surface area contributed by atoms with E-state index in [1.54, 1.807) is 0 Å². The van der Waals surface area contributed by atoms with Gasteiger partial charge in [0.2, 0.25) is 0 Å². The number of fused-ring (bicyclic) bond motifs is 1. The molecule has 20 heavy (non-hydrogen) atoms. The fourth-order valence-electron chi connectivity index (χ4n) is 2.58. The lowest BCUT2D eigenvalue weighted by Crippen LogP contribution is -2.09. The zero-order valence-electron chi connectivity index (χ0n) is 12.0. The molecule has 3 heteroatoms. The maximum Gasteiger partial charge on any atom is 0.161 e. The molecule has 1 N–H and O–H groups in total. The summed E-state index contributed by atoms with van der Waals surface area (Å²) in [7, 11) is 0. The molecule has 2 nitrogen and oxygen atoms in total. The number of nitrogens with zero attached hydrogens (tertiary/aromatic N) is 1. The number of rotatable bonds is 3. The molecule has 3 rings (SSSR count). The van der Waals surface area contributed by atoms with Crippen LogP contribution in [0, 0.1) is 5.92 Å². The highest BCUT2D eigenvalue weighted by atomic mass is 32.2. The van der Waals surface area contributed by atoms with Crippen LogP contribution < -0.4 is 5.32 Å². The predicted molar refractivity (Wildman–Crippen MR) is 90.7 cm³/mol. The Morgan fingerprint density at radius 3 is 2.85 bits per heavy atom. The van der Waals surface area contributed by atoms with Gasteiger partial charge in [0.25, 0.3) is 0 Å². The molecule has 0 aromatic heterocycles. The Kier molecular flexibility index (Phi) is 3.97. The molecule has 2 aromatic carbocycles. The third kappa shape index (κ3) is 2.98. The van der Waals surface area contributed by atoms with Crippen molar-refractivity contribution in [2.75, 3.05) is 11.9 Å². The summed E-state index contributed by atoms with van der Waals surface area (Å²) >= 11 is 1.88. The highest BCUT2D eigenvalue weighted by molar-refractivity contribution is 8.15. The van der Waals surface area contributed by atoms with Crippen molar-refractivity contribution < 1.29 is 0 Å². The zero-order valence-corrected chi connectivity index (χ0v) is 12.8. The van der Waals surface area contributed by atoms with Gasteiger partial charge in [-0.1, -0.05) is 62.0 Å². The van der Waals surface area contributed by atoms with E-state index >= 15 is 0 Å². The number of nitrogens with one attached hydrogen (secondary N) is 1. The van der Waals surface area contributed by atoms with E-state index in [0.717, 1.165) is 23.3 Å². The SMILES string of the molecule is CC(C)CC1CN=C(Nc2cccc3ccccc23)S1. The van der Waals surface area contributed by atoms with Gasteiger partial charge in [-0.25, -0.2) is 0 Å². The second-order valence-electron chi connectivity index (χ2n) is 5.67.